The molecule has 0 bridgehead atoms. The summed E-state index contributed by atoms with van der Waals surface area (Å²) in [4.78, 5) is 23.3. The number of anilines is 1. The van der Waals surface area contributed by atoms with Gasteiger partial charge in [-0.3, -0.25) is 14.3 Å². The number of nitrogens with one attached hydrogen (secondary N) is 2. The molecule has 7 nitrogen and oxygen atoms in total. The number of sulfonamides is 1. The number of carbonyl (C=O) groups excluding carboxylic acids is 1. The topological polar surface area (TPSA) is 113 Å². The average Bonchev–Trinajstić information content (AvgIpc) is 3.43. The molecule has 3 N–H and O–H groups in total. The first-order chi connectivity index (χ1) is 12.7. The minimum absolute atomic E-state index is 0.0338. The molecule has 1 saturated carbocycles. The van der Waals surface area contributed by atoms with Crippen LogP contribution in [0.25, 0.3) is 0 Å². The van der Waals surface area contributed by atoms with E-state index in [0.29, 0.717) is 18.5 Å². The Hall–Kier alpha value is -2.87. The van der Waals surface area contributed by atoms with E-state index in [1.807, 2.05) is 6.07 Å². The summed E-state index contributed by atoms with van der Waals surface area (Å²) in [5.41, 5.74) is 0.703. The van der Waals surface area contributed by atoms with Crippen LogP contribution >= 0.6 is 0 Å². The molecule has 0 unspecified atom stereocenters. The van der Waals surface area contributed by atoms with E-state index in [9.17, 15) is 18.0 Å². The van der Waals surface area contributed by atoms with E-state index < -0.39 is 27.3 Å². The number of rotatable bonds is 7. The van der Waals surface area contributed by atoms with Crippen molar-refractivity contribution >= 4 is 27.6 Å². The third-order valence-corrected chi connectivity index (χ3v) is 6.09. The number of amides is 1. The number of benzene rings is 2. The highest BCUT2D eigenvalue weighted by Crippen LogP contribution is 2.45. The van der Waals surface area contributed by atoms with Crippen LogP contribution in [0.2, 0.25) is 0 Å². The van der Waals surface area contributed by atoms with Crippen molar-refractivity contribution in [2.75, 3.05) is 11.3 Å². The monoisotopic (exact) mass is 388 g/mol. The molecule has 1 aliphatic carbocycles. The number of aliphatic carboxylic acids is 1. The van der Waals surface area contributed by atoms with Crippen molar-refractivity contribution in [1.29, 1.82) is 0 Å². The number of carboxylic acids is 1. The Kier molecular flexibility index (Phi) is 4.93. The molecule has 1 amide bonds. The average molecular weight is 388 g/mol. The van der Waals surface area contributed by atoms with E-state index in [0.717, 1.165) is 5.56 Å². The zero-order chi connectivity index (χ0) is 19.7. The summed E-state index contributed by atoms with van der Waals surface area (Å²) in [5.74, 6) is -1.34. The summed E-state index contributed by atoms with van der Waals surface area (Å²) in [6.07, 6.45) is 1.09. The quantitative estimate of drug-likeness (QED) is 0.674. The lowest BCUT2D eigenvalue weighted by atomic mass is 10.1. The second-order valence-electron chi connectivity index (χ2n) is 6.71. The lowest BCUT2D eigenvalue weighted by Gasteiger charge is -2.12. The highest BCUT2D eigenvalue weighted by atomic mass is 32.2. The Bertz CT molecular complexity index is 979. The van der Waals surface area contributed by atoms with Gasteiger partial charge < -0.3 is 10.4 Å². The molecule has 0 saturated heterocycles. The summed E-state index contributed by atoms with van der Waals surface area (Å²) in [5, 5.41) is 11.7. The van der Waals surface area contributed by atoms with Gasteiger partial charge >= 0.3 is 5.97 Å². The third-order valence-electron chi connectivity index (χ3n) is 4.71. The molecule has 1 aliphatic rings. The van der Waals surface area contributed by atoms with Crippen LogP contribution in [0.1, 0.15) is 28.8 Å². The van der Waals surface area contributed by atoms with E-state index in [1.165, 1.54) is 24.3 Å². The Morgan fingerprint density at radius 2 is 1.70 bits per heavy atom. The molecule has 8 heteroatoms. The van der Waals surface area contributed by atoms with Gasteiger partial charge in [-0.1, -0.05) is 18.2 Å². The molecule has 0 spiro atoms. The molecule has 2 aromatic rings. The van der Waals surface area contributed by atoms with Crippen LogP contribution in [-0.2, 0) is 14.8 Å². The molecule has 1 fully saturated rings. The number of carbonyl (C=O) groups is 2. The molecule has 0 atom stereocenters. The predicted molar refractivity (Wildman–Crippen MR) is 100 cm³/mol. The minimum Gasteiger partial charge on any atom is -0.481 e. The van der Waals surface area contributed by atoms with Crippen molar-refractivity contribution in [2.24, 2.45) is 5.41 Å². The third kappa shape index (κ3) is 4.11. The molecule has 0 radical (unpaired) electrons. The normalized spacial score (nSPS) is 15.0. The van der Waals surface area contributed by atoms with Crippen LogP contribution in [0, 0.1) is 12.3 Å². The van der Waals surface area contributed by atoms with E-state index in [4.69, 9.17) is 5.11 Å². The standard InChI is InChI=1S/C19H20N2O5S/c1-13-4-2-3-5-16(13)21-27(25,26)15-8-6-14(7-9-15)17(22)20-12-19(10-11-19)18(23)24/h2-9,21H,10-12H2,1H3,(H,20,22)(H,23,24). The fraction of sp³-hybridized carbons (Fsp3) is 0.263. The summed E-state index contributed by atoms with van der Waals surface area (Å²) in [7, 11) is -3.77. The fourth-order valence-corrected chi connectivity index (χ4v) is 3.78. The van der Waals surface area contributed by atoms with E-state index in [-0.39, 0.29) is 17.0 Å². The van der Waals surface area contributed by atoms with Crippen molar-refractivity contribution in [2.45, 2.75) is 24.7 Å². The van der Waals surface area contributed by atoms with Gasteiger partial charge in [-0.25, -0.2) is 8.42 Å². The molecule has 0 aliphatic heterocycles. The van der Waals surface area contributed by atoms with Crippen molar-refractivity contribution in [1.82, 2.24) is 5.32 Å². The van der Waals surface area contributed by atoms with Crippen LogP contribution in [0.5, 0.6) is 0 Å². The maximum Gasteiger partial charge on any atom is 0.311 e. The largest absolute Gasteiger partial charge is 0.481 e. The molecular weight excluding hydrogens is 368 g/mol. The van der Waals surface area contributed by atoms with Crippen LogP contribution < -0.4 is 10.0 Å². The van der Waals surface area contributed by atoms with Gasteiger partial charge in [-0.15, -0.1) is 0 Å². The van der Waals surface area contributed by atoms with Crippen LogP contribution in [0.4, 0.5) is 5.69 Å². The molecular formula is C19H20N2O5S. The molecule has 0 aromatic heterocycles. The summed E-state index contributed by atoms with van der Waals surface area (Å²) >= 11 is 0. The van der Waals surface area contributed by atoms with Gasteiger partial charge in [0.05, 0.1) is 16.0 Å². The van der Waals surface area contributed by atoms with E-state index in [2.05, 4.69) is 10.0 Å². The molecule has 27 heavy (non-hydrogen) atoms. The molecule has 0 heterocycles. The van der Waals surface area contributed by atoms with Crippen molar-refractivity contribution in [3.8, 4) is 0 Å². The number of aryl methyl sites for hydroxylation is 1. The molecule has 142 valence electrons. The fourth-order valence-electron chi connectivity index (χ4n) is 2.65. The number of hydrogen-bond donors (Lipinski definition) is 3. The smallest absolute Gasteiger partial charge is 0.311 e. The summed E-state index contributed by atoms with van der Waals surface area (Å²) in [6, 6.07) is 12.5. The van der Waals surface area contributed by atoms with Crippen LogP contribution in [-0.4, -0.2) is 31.9 Å². The van der Waals surface area contributed by atoms with E-state index >= 15 is 0 Å². The van der Waals surface area contributed by atoms with Crippen molar-refractivity contribution in [3.63, 3.8) is 0 Å². The zero-order valence-corrected chi connectivity index (χ0v) is 15.5. The highest BCUT2D eigenvalue weighted by molar-refractivity contribution is 7.92. The molecule has 3 rings (SSSR count). The zero-order valence-electron chi connectivity index (χ0n) is 14.7. The first kappa shape index (κ1) is 18.9. The maximum absolute atomic E-state index is 12.5. The number of carboxylic acid groups (broad SMARTS) is 1. The van der Waals surface area contributed by atoms with Crippen LogP contribution in [0.3, 0.4) is 0 Å². The predicted octanol–water partition coefficient (Wildman–Crippen LogP) is 2.39. The first-order valence-electron chi connectivity index (χ1n) is 8.44. The van der Waals surface area contributed by atoms with Crippen LogP contribution in [0.15, 0.2) is 53.4 Å². The van der Waals surface area contributed by atoms with Gasteiger partial charge in [0.1, 0.15) is 0 Å². The SMILES string of the molecule is Cc1ccccc1NS(=O)(=O)c1ccc(C(=O)NCC2(C(=O)O)CC2)cc1. The van der Waals surface area contributed by atoms with Crippen molar-refractivity contribution in [3.05, 3.63) is 59.7 Å². The molecule has 2 aromatic carbocycles. The second-order valence-corrected chi connectivity index (χ2v) is 8.40. The Balaban J connectivity index is 1.68. The summed E-state index contributed by atoms with van der Waals surface area (Å²) < 4.78 is 27.5. The van der Waals surface area contributed by atoms with Gasteiger partial charge in [0.25, 0.3) is 15.9 Å². The van der Waals surface area contributed by atoms with Gasteiger partial charge in [0.2, 0.25) is 0 Å². The summed E-state index contributed by atoms with van der Waals surface area (Å²) in [6.45, 7) is 1.87. The number of hydrogen-bond acceptors (Lipinski definition) is 4. The first-order valence-corrected chi connectivity index (χ1v) is 9.92. The minimum atomic E-state index is -3.77. The lowest BCUT2D eigenvalue weighted by molar-refractivity contribution is -0.143. The van der Waals surface area contributed by atoms with Gasteiger partial charge in [-0.05, 0) is 55.7 Å². The Morgan fingerprint density at radius 1 is 1.07 bits per heavy atom. The van der Waals surface area contributed by atoms with Gasteiger partial charge in [0.15, 0.2) is 0 Å². The second kappa shape index (κ2) is 7.03. The van der Waals surface area contributed by atoms with Crippen molar-refractivity contribution < 1.29 is 23.1 Å². The van der Waals surface area contributed by atoms with Gasteiger partial charge in [-0.2, -0.15) is 0 Å². The number of para-hydroxylation sites is 1. The Morgan fingerprint density at radius 3 is 2.26 bits per heavy atom. The maximum atomic E-state index is 12.5. The highest BCUT2D eigenvalue weighted by Gasteiger charge is 2.50. The Labute approximate surface area is 157 Å². The van der Waals surface area contributed by atoms with Gasteiger partial charge in [0, 0.05) is 12.1 Å². The lowest BCUT2D eigenvalue weighted by Crippen LogP contribution is -2.34. The van der Waals surface area contributed by atoms with E-state index in [1.54, 1.807) is 25.1 Å².